The van der Waals surface area contributed by atoms with Crippen molar-refractivity contribution in [3.63, 3.8) is 0 Å². The number of nitrogens with zero attached hydrogens (tertiary/aromatic N) is 3. The molecule has 7 nitrogen and oxygen atoms in total. The first-order valence-electron chi connectivity index (χ1n) is 12.7. The molecular weight excluding hydrogens is 430 g/mol. The molecule has 5 rings (SSSR count). The first-order valence-corrected chi connectivity index (χ1v) is 12.7. The van der Waals surface area contributed by atoms with Crippen LogP contribution in [0.25, 0.3) is 5.69 Å². The molecule has 3 fully saturated rings. The second-order valence-electron chi connectivity index (χ2n) is 10.7. The Morgan fingerprint density at radius 2 is 1.68 bits per heavy atom. The van der Waals surface area contributed by atoms with Gasteiger partial charge in [-0.1, -0.05) is 6.92 Å². The average Bonchev–Trinajstić information content (AvgIpc) is 3.45. The van der Waals surface area contributed by atoms with Crippen molar-refractivity contribution in [2.24, 2.45) is 5.41 Å². The Hall–Kier alpha value is -2.38. The zero-order chi connectivity index (χ0) is 23.8. The van der Waals surface area contributed by atoms with Gasteiger partial charge in [0.1, 0.15) is 5.75 Å². The number of likely N-dealkylation sites (tertiary alicyclic amines) is 1. The predicted octanol–water partition coefficient (Wildman–Crippen LogP) is 3.90. The molecule has 0 radical (unpaired) electrons. The van der Waals surface area contributed by atoms with Crippen LogP contribution in [0.4, 0.5) is 0 Å². The fourth-order valence-corrected chi connectivity index (χ4v) is 5.36. The maximum absolute atomic E-state index is 12.6. The third kappa shape index (κ3) is 5.01. The first-order chi connectivity index (χ1) is 16.4. The SMILES string of the molecule is CO[C@H]1CC[C@@H](Oc2ccc(-n3nccc3CC3(O)CCN(C(=O)C4(C)CC4)CC3)cc2)CC1. The van der Waals surface area contributed by atoms with Crippen LogP contribution in [0.5, 0.6) is 5.75 Å². The maximum Gasteiger partial charge on any atom is 0.228 e. The number of aliphatic hydroxyl groups is 1. The molecule has 1 aliphatic heterocycles. The summed E-state index contributed by atoms with van der Waals surface area (Å²) >= 11 is 0. The van der Waals surface area contributed by atoms with E-state index in [1.165, 1.54) is 0 Å². The Kier molecular flexibility index (Phi) is 6.42. The molecule has 1 aromatic carbocycles. The number of piperidine rings is 1. The summed E-state index contributed by atoms with van der Waals surface area (Å²) in [6.45, 7) is 3.30. The summed E-state index contributed by atoms with van der Waals surface area (Å²) in [6, 6.07) is 10.0. The van der Waals surface area contributed by atoms with Crippen LogP contribution in [0.1, 0.15) is 64.0 Å². The predicted molar refractivity (Wildman–Crippen MR) is 129 cm³/mol. The molecule has 1 aromatic heterocycles. The fraction of sp³-hybridized carbons (Fsp3) is 0.630. The summed E-state index contributed by atoms with van der Waals surface area (Å²) < 4.78 is 13.5. The zero-order valence-electron chi connectivity index (χ0n) is 20.4. The second kappa shape index (κ2) is 9.34. The van der Waals surface area contributed by atoms with Gasteiger partial charge in [0.05, 0.1) is 23.5 Å². The van der Waals surface area contributed by atoms with Crippen molar-refractivity contribution in [3.05, 3.63) is 42.2 Å². The summed E-state index contributed by atoms with van der Waals surface area (Å²) in [5.74, 6) is 1.13. The number of carbonyl (C=O) groups excluding carboxylic acids is 1. The molecule has 0 spiro atoms. The lowest BCUT2D eigenvalue weighted by molar-refractivity contribution is -0.140. The quantitative estimate of drug-likeness (QED) is 0.668. The highest BCUT2D eigenvalue weighted by atomic mass is 16.5. The van der Waals surface area contributed by atoms with Gasteiger partial charge in [-0.3, -0.25) is 4.79 Å². The van der Waals surface area contributed by atoms with Crippen LogP contribution in [-0.2, 0) is 16.0 Å². The molecule has 34 heavy (non-hydrogen) atoms. The first kappa shape index (κ1) is 23.4. The zero-order valence-corrected chi connectivity index (χ0v) is 20.4. The lowest BCUT2D eigenvalue weighted by Crippen LogP contribution is -2.49. The smallest absolute Gasteiger partial charge is 0.228 e. The minimum atomic E-state index is -0.816. The van der Waals surface area contributed by atoms with E-state index in [1.807, 2.05) is 39.9 Å². The van der Waals surface area contributed by atoms with Gasteiger partial charge in [0, 0.05) is 43.9 Å². The van der Waals surface area contributed by atoms with Crippen LogP contribution in [0.15, 0.2) is 36.5 Å². The number of hydrogen-bond donors (Lipinski definition) is 1. The van der Waals surface area contributed by atoms with E-state index >= 15 is 0 Å². The van der Waals surface area contributed by atoms with Crippen molar-refractivity contribution in [1.29, 1.82) is 0 Å². The highest BCUT2D eigenvalue weighted by Crippen LogP contribution is 2.47. The highest BCUT2D eigenvalue weighted by Gasteiger charge is 2.48. The Labute approximate surface area is 202 Å². The van der Waals surface area contributed by atoms with Crippen molar-refractivity contribution in [2.45, 2.75) is 82.5 Å². The topological polar surface area (TPSA) is 76.8 Å². The third-order valence-electron chi connectivity index (χ3n) is 8.07. The largest absolute Gasteiger partial charge is 0.490 e. The summed E-state index contributed by atoms with van der Waals surface area (Å²) in [7, 11) is 1.78. The Morgan fingerprint density at radius 3 is 2.29 bits per heavy atom. The van der Waals surface area contributed by atoms with Crippen molar-refractivity contribution < 1.29 is 19.4 Å². The summed E-state index contributed by atoms with van der Waals surface area (Å²) in [5.41, 5.74) is 0.965. The van der Waals surface area contributed by atoms with E-state index < -0.39 is 5.60 Å². The highest BCUT2D eigenvalue weighted by molar-refractivity contribution is 5.85. The number of hydrogen-bond acceptors (Lipinski definition) is 5. The number of methoxy groups -OCH3 is 1. The number of rotatable bonds is 7. The number of aromatic nitrogens is 2. The second-order valence-corrected chi connectivity index (χ2v) is 10.7. The van der Waals surface area contributed by atoms with Crippen LogP contribution < -0.4 is 4.74 Å². The normalized spacial score (nSPS) is 25.7. The van der Waals surface area contributed by atoms with Gasteiger partial charge >= 0.3 is 0 Å². The van der Waals surface area contributed by atoms with Gasteiger partial charge < -0.3 is 19.5 Å². The van der Waals surface area contributed by atoms with Gasteiger partial charge in [-0.2, -0.15) is 5.10 Å². The summed E-state index contributed by atoms with van der Waals surface area (Å²) in [4.78, 5) is 14.6. The summed E-state index contributed by atoms with van der Waals surface area (Å²) in [5, 5.41) is 15.8. The van der Waals surface area contributed by atoms with Gasteiger partial charge in [0.15, 0.2) is 0 Å². The Bertz CT molecular complexity index is 982. The maximum atomic E-state index is 12.6. The molecule has 1 amide bonds. The molecule has 1 N–H and O–H groups in total. The number of carbonyl (C=O) groups is 1. The lowest BCUT2D eigenvalue weighted by atomic mass is 9.86. The monoisotopic (exact) mass is 467 g/mol. The van der Waals surface area contributed by atoms with E-state index in [1.54, 1.807) is 13.3 Å². The number of ether oxygens (including phenoxy) is 2. The molecule has 2 aromatic rings. The lowest BCUT2D eigenvalue weighted by Gasteiger charge is -2.39. The standard InChI is InChI=1S/C27H37N3O4/c1-26(12-13-26)25(31)29-17-14-27(32,15-18-29)19-21-11-16-28-30(21)20-3-5-23(6-4-20)34-24-9-7-22(33-2)8-10-24/h3-6,11,16,22,24,32H,7-10,12-15,17-19H2,1-2H3/t22-,24+. The van der Waals surface area contributed by atoms with Crippen molar-refractivity contribution in [2.75, 3.05) is 20.2 Å². The van der Waals surface area contributed by atoms with Crippen molar-refractivity contribution in [3.8, 4) is 11.4 Å². The average molecular weight is 468 g/mol. The summed E-state index contributed by atoms with van der Waals surface area (Å²) in [6.07, 6.45) is 10.2. The molecule has 7 heteroatoms. The molecule has 0 atom stereocenters. The van der Waals surface area contributed by atoms with Gasteiger partial charge in [0.2, 0.25) is 5.91 Å². The van der Waals surface area contributed by atoms with Crippen LogP contribution in [0.2, 0.25) is 0 Å². The van der Waals surface area contributed by atoms with E-state index in [-0.39, 0.29) is 17.4 Å². The van der Waals surface area contributed by atoms with Gasteiger partial charge in [-0.25, -0.2) is 4.68 Å². The van der Waals surface area contributed by atoms with E-state index in [9.17, 15) is 9.90 Å². The third-order valence-corrected chi connectivity index (χ3v) is 8.07. The van der Waals surface area contributed by atoms with E-state index in [0.29, 0.717) is 38.5 Å². The molecule has 2 heterocycles. The van der Waals surface area contributed by atoms with Crippen molar-refractivity contribution >= 4 is 5.91 Å². The minimum absolute atomic E-state index is 0.146. The molecule has 1 saturated heterocycles. The molecule has 184 valence electrons. The van der Waals surface area contributed by atoms with Gasteiger partial charge in [0.25, 0.3) is 0 Å². The number of amides is 1. The number of benzene rings is 1. The van der Waals surface area contributed by atoms with E-state index in [4.69, 9.17) is 9.47 Å². The van der Waals surface area contributed by atoms with E-state index in [0.717, 1.165) is 55.7 Å². The van der Waals surface area contributed by atoms with Crippen LogP contribution in [-0.4, -0.2) is 63.7 Å². The molecule has 2 aliphatic carbocycles. The van der Waals surface area contributed by atoms with E-state index in [2.05, 4.69) is 12.0 Å². The fourth-order valence-electron chi connectivity index (χ4n) is 5.36. The van der Waals surface area contributed by atoms with Gasteiger partial charge in [-0.15, -0.1) is 0 Å². The van der Waals surface area contributed by atoms with Gasteiger partial charge in [-0.05, 0) is 81.7 Å². The minimum Gasteiger partial charge on any atom is -0.490 e. The Morgan fingerprint density at radius 1 is 1.03 bits per heavy atom. The van der Waals surface area contributed by atoms with Crippen molar-refractivity contribution in [1.82, 2.24) is 14.7 Å². The van der Waals surface area contributed by atoms with Crippen LogP contribution in [0, 0.1) is 5.41 Å². The molecule has 3 aliphatic rings. The van der Waals surface area contributed by atoms with Crippen LogP contribution >= 0.6 is 0 Å². The molecule has 0 bridgehead atoms. The molecule has 2 saturated carbocycles. The van der Waals surface area contributed by atoms with Crippen LogP contribution in [0.3, 0.4) is 0 Å². The Balaban J connectivity index is 1.18. The molecular formula is C27H37N3O4. The molecule has 0 unspecified atom stereocenters.